The average molecular weight is 411 g/mol. The molecular formula is C22H34N8. The van der Waals surface area contributed by atoms with Gasteiger partial charge in [0.15, 0.2) is 0 Å². The second-order valence-corrected chi connectivity index (χ2v) is 7.52. The molecule has 162 valence electrons. The molecule has 0 spiro atoms. The molecule has 8 N–H and O–H groups in total. The molecule has 0 saturated carbocycles. The summed E-state index contributed by atoms with van der Waals surface area (Å²) in [6.07, 6.45) is 0. The summed E-state index contributed by atoms with van der Waals surface area (Å²) in [5, 5.41) is 2.17. The topological polar surface area (TPSA) is 136 Å². The normalized spacial score (nSPS) is 11.9. The van der Waals surface area contributed by atoms with Crippen molar-refractivity contribution in [3.05, 3.63) is 47.8 Å². The van der Waals surface area contributed by atoms with E-state index in [0.29, 0.717) is 26.2 Å². The molecule has 0 fully saturated rings. The molecule has 0 aliphatic heterocycles. The van der Waals surface area contributed by atoms with E-state index < -0.39 is 0 Å². The van der Waals surface area contributed by atoms with Gasteiger partial charge in [0.1, 0.15) is 0 Å². The predicted octanol–water partition coefficient (Wildman–Crippen LogP) is 0.222. The third-order valence-corrected chi connectivity index (χ3v) is 5.19. The highest BCUT2D eigenvalue weighted by atomic mass is 15.1. The maximum Gasteiger partial charge on any atom is 0.0968 e. The first-order chi connectivity index (χ1) is 14.7. The van der Waals surface area contributed by atoms with Gasteiger partial charge in [-0.1, -0.05) is 24.3 Å². The number of hydrogen-bond acceptors (Lipinski definition) is 8. The fraction of sp³-hybridized carbons (Fsp3) is 0.455. The smallest absolute Gasteiger partial charge is 0.0968 e. The van der Waals surface area contributed by atoms with Gasteiger partial charge in [-0.15, -0.1) is 0 Å². The van der Waals surface area contributed by atoms with Gasteiger partial charge in [0.2, 0.25) is 0 Å². The van der Waals surface area contributed by atoms with Crippen molar-refractivity contribution in [2.75, 3.05) is 52.4 Å². The van der Waals surface area contributed by atoms with Crippen molar-refractivity contribution >= 4 is 21.8 Å². The minimum atomic E-state index is 0.601. The minimum absolute atomic E-state index is 0.601. The second kappa shape index (κ2) is 11.3. The zero-order valence-corrected chi connectivity index (χ0v) is 17.6. The Hall–Kier alpha value is -2.20. The monoisotopic (exact) mass is 410 g/mol. The quantitative estimate of drug-likeness (QED) is 0.311. The highest BCUT2D eigenvalue weighted by Crippen LogP contribution is 2.24. The van der Waals surface area contributed by atoms with Crippen LogP contribution in [-0.4, -0.2) is 72.1 Å². The van der Waals surface area contributed by atoms with Gasteiger partial charge in [-0.2, -0.15) is 0 Å². The number of nitrogens with zero attached hydrogens (tertiary/aromatic N) is 4. The summed E-state index contributed by atoms with van der Waals surface area (Å²) in [6.45, 7) is 7.04. The van der Waals surface area contributed by atoms with Crippen LogP contribution in [0.1, 0.15) is 11.4 Å². The van der Waals surface area contributed by atoms with E-state index in [4.69, 9.17) is 32.9 Å². The molecule has 1 aromatic carbocycles. The van der Waals surface area contributed by atoms with Crippen LogP contribution in [0.3, 0.4) is 0 Å². The lowest BCUT2D eigenvalue weighted by molar-refractivity contribution is 0.277. The van der Waals surface area contributed by atoms with Crippen LogP contribution in [0.2, 0.25) is 0 Å². The Balaban J connectivity index is 1.94. The molecule has 8 heteroatoms. The van der Waals surface area contributed by atoms with Crippen molar-refractivity contribution < 1.29 is 0 Å². The summed E-state index contributed by atoms with van der Waals surface area (Å²) in [4.78, 5) is 14.4. The van der Waals surface area contributed by atoms with Crippen molar-refractivity contribution in [1.82, 2.24) is 19.8 Å². The van der Waals surface area contributed by atoms with Crippen LogP contribution in [0.4, 0.5) is 0 Å². The number of rotatable bonds is 12. The van der Waals surface area contributed by atoms with E-state index in [0.717, 1.165) is 72.5 Å². The molecule has 0 radical (unpaired) electrons. The lowest BCUT2D eigenvalue weighted by Crippen LogP contribution is -2.33. The Labute approximate surface area is 178 Å². The maximum absolute atomic E-state index is 5.75. The third kappa shape index (κ3) is 5.69. The molecule has 0 amide bonds. The van der Waals surface area contributed by atoms with Gasteiger partial charge in [0.25, 0.3) is 0 Å². The van der Waals surface area contributed by atoms with E-state index in [-0.39, 0.29) is 0 Å². The summed E-state index contributed by atoms with van der Waals surface area (Å²) in [7, 11) is 0. The second-order valence-electron chi connectivity index (χ2n) is 7.52. The van der Waals surface area contributed by atoms with Gasteiger partial charge in [-0.3, -0.25) is 9.80 Å². The Morgan fingerprint density at radius 1 is 0.533 bits per heavy atom. The van der Waals surface area contributed by atoms with Gasteiger partial charge in [-0.05, 0) is 12.1 Å². The van der Waals surface area contributed by atoms with Gasteiger partial charge in [0, 0.05) is 76.2 Å². The van der Waals surface area contributed by atoms with Crippen LogP contribution in [0.25, 0.3) is 21.8 Å². The zero-order chi connectivity index (χ0) is 21.3. The molecule has 2 heterocycles. The molecule has 30 heavy (non-hydrogen) atoms. The van der Waals surface area contributed by atoms with Crippen molar-refractivity contribution in [1.29, 1.82) is 0 Å². The van der Waals surface area contributed by atoms with Crippen molar-refractivity contribution in [3.8, 4) is 0 Å². The lowest BCUT2D eigenvalue weighted by Gasteiger charge is -2.21. The predicted molar refractivity (Wildman–Crippen MR) is 124 cm³/mol. The molecular weight excluding hydrogens is 376 g/mol. The van der Waals surface area contributed by atoms with Gasteiger partial charge < -0.3 is 22.9 Å². The van der Waals surface area contributed by atoms with Crippen LogP contribution in [-0.2, 0) is 13.1 Å². The average Bonchev–Trinajstić information content (AvgIpc) is 2.74. The molecule has 0 saturated heterocycles. The Morgan fingerprint density at radius 2 is 0.867 bits per heavy atom. The van der Waals surface area contributed by atoms with Gasteiger partial charge in [0.05, 0.1) is 22.4 Å². The fourth-order valence-electron chi connectivity index (χ4n) is 3.75. The van der Waals surface area contributed by atoms with Crippen molar-refractivity contribution in [2.24, 2.45) is 22.9 Å². The number of aromatic nitrogens is 2. The van der Waals surface area contributed by atoms with Crippen LogP contribution in [0.15, 0.2) is 36.4 Å². The number of benzene rings is 1. The van der Waals surface area contributed by atoms with E-state index in [1.807, 2.05) is 0 Å². The summed E-state index contributed by atoms with van der Waals surface area (Å²) in [5.74, 6) is 0. The van der Waals surface area contributed by atoms with E-state index in [1.54, 1.807) is 0 Å². The molecule has 8 nitrogen and oxygen atoms in total. The Morgan fingerprint density at radius 3 is 1.20 bits per heavy atom. The molecule has 0 aliphatic carbocycles. The fourth-order valence-corrected chi connectivity index (χ4v) is 3.75. The first-order valence-corrected chi connectivity index (χ1v) is 10.6. The van der Waals surface area contributed by atoms with Crippen molar-refractivity contribution in [2.45, 2.75) is 13.1 Å². The molecule has 3 aromatic rings. The van der Waals surface area contributed by atoms with Gasteiger partial charge >= 0.3 is 0 Å². The highest BCUT2D eigenvalue weighted by molar-refractivity contribution is 6.02. The van der Waals surface area contributed by atoms with Crippen LogP contribution in [0, 0.1) is 0 Å². The molecule has 0 unspecified atom stereocenters. The van der Waals surface area contributed by atoms with Crippen molar-refractivity contribution in [3.63, 3.8) is 0 Å². The standard InChI is InChI=1S/C22H34N8/c23-7-11-29(12-8-24)15-19-5-3-17-1-2-18-4-6-20(28-22(18)21(17)27-19)16-30(13-9-25)14-10-26/h1-6H,7-16,23-26H2. The third-order valence-electron chi connectivity index (χ3n) is 5.19. The lowest BCUT2D eigenvalue weighted by atomic mass is 10.1. The van der Waals surface area contributed by atoms with Crippen LogP contribution < -0.4 is 22.9 Å². The van der Waals surface area contributed by atoms with E-state index in [2.05, 4.69) is 46.2 Å². The van der Waals surface area contributed by atoms with E-state index in [9.17, 15) is 0 Å². The molecule has 0 bridgehead atoms. The molecule has 0 aliphatic rings. The minimum Gasteiger partial charge on any atom is -0.329 e. The maximum atomic E-state index is 5.75. The van der Waals surface area contributed by atoms with E-state index >= 15 is 0 Å². The highest BCUT2D eigenvalue weighted by Gasteiger charge is 2.11. The zero-order valence-electron chi connectivity index (χ0n) is 17.6. The number of nitrogens with two attached hydrogens (primary N) is 4. The Kier molecular flexibility index (Phi) is 8.44. The summed E-state index contributed by atoms with van der Waals surface area (Å²) in [5.41, 5.74) is 26.8. The SMILES string of the molecule is NCCN(CCN)Cc1ccc2ccc3ccc(CN(CCN)CCN)nc3c2n1. The first kappa shape index (κ1) is 22.5. The molecule has 0 atom stereocenters. The van der Waals surface area contributed by atoms with Crippen LogP contribution >= 0.6 is 0 Å². The first-order valence-electron chi connectivity index (χ1n) is 10.6. The molecule has 3 rings (SSSR count). The summed E-state index contributed by atoms with van der Waals surface area (Å²) in [6, 6.07) is 12.6. The van der Waals surface area contributed by atoms with Gasteiger partial charge in [-0.25, -0.2) is 9.97 Å². The number of hydrogen-bond donors (Lipinski definition) is 4. The molecule has 2 aromatic heterocycles. The number of fused-ring (bicyclic) bond motifs is 3. The Bertz CT molecular complexity index is 856. The summed E-state index contributed by atoms with van der Waals surface area (Å²) < 4.78 is 0. The van der Waals surface area contributed by atoms with Crippen LogP contribution in [0.5, 0.6) is 0 Å². The largest absolute Gasteiger partial charge is 0.329 e. The summed E-state index contributed by atoms with van der Waals surface area (Å²) >= 11 is 0. The van der Waals surface area contributed by atoms with E-state index in [1.165, 1.54) is 0 Å². The number of pyridine rings is 2.